The first-order chi connectivity index (χ1) is 14.1. The summed E-state index contributed by atoms with van der Waals surface area (Å²) in [5.74, 6) is 0. The van der Waals surface area contributed by atoms with Gasteiger partial charge in [-0.05, 0) is 71.9 Å². The van der Waals surface area contributed by atoms with Crippen molar-refractivity contribution in [1.29, 1.82) is 0 Å². The monoisotopic (exact) mass is 441 g/mol. The molecule has 1 fully saturated rings. The Balaban J connectivity index is 1.54. The molecule has 170 valence electrons. The molecule has 7 nitrogen and oxygen atoms in total. The predicted molar refractivity (Wildman–Crippen MR) is 115 cm³/mol. The number of hydrogen-bond acceptors (Lipinski definition) is 6. The van der Waals surface area contributed by atoms with Crippen LogP contribution >= 0.6 is 0 Å². The molecule has 0 bridgehead atoms. The Morgan fingerprint density at radius 2 is 1.63 bits per heavy atom. The van der Waals surface area contributed by atoms with Gasteiger partial charge in [0.1, 0.15) is 5.60 Å². The van der Waals surface area contributed by atoms with Crippen LogP contribution in [0.15, 0.2) is 29.2 Å². The van der Waals surface area contributed by atoms with Crippen molar-refractivity contribution in [3.05, 3.63) is 29.8 Å². The number of aryl methyl sites for hydroxylation is 1. The fourth-order valence-corrected chi connectivity index (χ4v) is 4.05. The van der Waals surface area contributed by atoms with E-state index in [1.807, 2.05) is 27.7 Å². The molecule has 30 heavy (non-hydrogen) atoms. The highest BCUT2D eigenvalue weighted by Gasteiger charge is 2.27. The maximum Gasteiger partial charge on any atom is 0.410 e. The van der Waals surface area contributed by atoms with E-state index in [1.165, 1.54) is 0 Å². The molecule has 1 aliphatic rings. The zero-order valence-electron chi connectivity index (χ0n) is 18.6. The first-order valence-electron chi connectivity index (χ1n) is 10.6. The Kier molecular flexibility index (Phi) is 9.12. The van der Waals surface area contributed by atoms with E-state index in [1.54, 1.807) is 29.2 Å². The summed E-state index contributed by atoms with van der Waals surface area (Å²) in [5.41, 5.74) is 0.526. The highest BCUT2D eigenvalue weighted by atomic mass is 32.2. The average molecular weight is 442 g/mol. The first-order valence-corrected chi connectivity index (χ1v) is 12.0. The molecular formula is C22H35NO6S. The molecule has 0 radical (unpaired) electrons. The summed E-state index contributed by atoms with van der Waals surface area (Å²) in [4.78, 5) is 14.0. The summed E-state index contributed by atoms with van der Waals surface area (Å²) in [6.45, 7) is 9.59. The van der Waals surface area contributed by atoms with Gasteiger partial charge in [0.05, 0.1) is 17.6 Å². The van der Waals surface area contributed by atoms with Crippen molar-refractivity contribution in [1.82, 2.24) is 4.90 Å². The van der Waals surface area contributed by atoms with Gasteiger partial charge in [0.25, 0.3) is 10.1 Å². The lowest BCUT2D eigenvalue weighted by molar-refractivity contribution is -0.0121. The van der Waals surface area contributed by atoms with Crippen molar-refractivity contribution in [3.63, 3.8) is 0 Å². The Hall–Kier alpha value is -1.64. The number of rotatable bonds is 9. The van der Waals surface area contributed by atoms with Crippen LogP contribution in [0.3, 0.4) is 0 Å². The molecule has 1 heterocycles. The third-order valence-corrected chi connectivity index (χ3v) is 6.11. The second-order valence-corrected chi connectivity index (χ2v) is 10.3. The van der Waals surface area contributed by atoms with Gasteiger partial charge >= 0.3 is 6.09 Å². The minimum atomic E-state index is -3.68. The zero-order chi connectivity index (χ0) is 22.2. The van der Waals surface area contributed by atoms with Gasteiger partial charge < -0.3 is 14.4 Å². The first kappa shape index (κ1) is 24.6. The van der Waals surface area contributed by atoms with Crippen LogP contribution in [0.25, 0.3) is 0 Å². The van der Waals surface area contributed by atoms with Crippen LogP contribution in [0.2, 0.25) is 0 Å². The molecule has 0 saturated carbocycles. The second-order valence-electron chi connectivity index (χ2n) is 8.69. The number of piperidine rings is 1. The third kappa shape index (κ3) is 8.62. The molecule has 0 aliphatic carbocycles. The van der Waals surface area contributed by atoms with Crippen molar-refractivity contribution in [2.45, 2.75) is 76.4 Å². The number of carbonyl (C=O) groups is 1. The second kappa shape index (κ2) is 11.1. The number of amides is 1. The maximum absolute atomic E-state index is 12.1. The number of ether oxygens (including phenoxy) is 2. The fourth-order valence-electron chi connectivity index (χ4n) is 3.10. The fraction of sp³-hybridized carbons (Fsp3) is 0.682. The van der Waals surface area contributed by atoms with Crippen LogP contribution in [0.5, 0.6) is 0 Å². The minimum Gasteiger partial charge on any atom is -0.444 e. The van der Waals surface area contributed by atoms with E-state index in [9.17, 15) is 13.2 Å². The van der Waals surface area contributed by atoms with Gasteiger partial charge in [-0.25, -0.2) is 4.79 Å². The van der Waals surface area contributed by atoms with Crippen LogP contribution < -0.4 is 0 Å². The predicted octanol–water partition coefficient (Wildman–Crippen LogP) is 4.29. The molecule has 0 aromatic heterocycles. The number of likely N-dealkylation sites (tertiary alicyclic amines) is 1. The molecule has 1 saturated heterocycles. The van der Waals surface area contributed by atoms with Crippen molar-refractivity contribution in [3.8, 4) is 0 Å². The van der Waals surface area contributed by atoms with E-state index in [0.717, 1.165) is 31.2 Å². The largest absolute Gasteiger partial charge is 0.444 e. The van der Waals surface area contributed by atoms with Crippen LogP contribution in [-0.4, -0.2) is 57.4 Å². The Bertz CT molecular complexity index is 762. The van der Waals surface area contributed by atoms with Gasteiger partial charge in [0.2, 0.25) is 0 Å². The quantitative estimate of drug-likeness (QED) is 0.420. The molecule has 0 unspecified atom stereocenters. The standard InChI is InChI=1S/C22H35NO6S/c1-18-8-10-20(11-9-18)30(25,26)28-17-7-5-6-16-27-19-12-14-23(15-13-19)21(24)29-22(2,3)4/h8-11,19H,5-7,12-17H2,1-4H3. The number of carbonyl (C=O) groups excluding carboxylic acids is 1. The minimum absolute atomic E-state index is 0.154. The Morgan fingerprint density at radius 1 is 1.03 bits per heavy atom. The maximum atomic E-state index is 12.1. The van der Waals surface area contributed by atoms with Gasteiger partial charge in [0.15, 0.2) is 0 Å². The lowest BCUT2D eigenvalue weighted by Gasteiger charge is -2.33. The van der Waals surface area contributed by atoms with Gasteiger partial charge in [-0.1, -0.05) is 17.7 Å². The lowest BCUT2D eigenvalue weighted by Crippen LogP contribution is -2.43. The van der Waals surface area contributed by atoms with Crippen LogP contribution in [0, 0.1) is 6.92 Å². The molecular weight excluding hydrogens is 406 g/mol. The van der Waals surface area contributed by atoms with E-state index in [4.69, 9.17) is 13.7 Å². The number of nitrogens with zero attached hydrogens (tertiary/aromatic N) is 1. The summed E-state index contributed by atoms with van der Waals surface area (Å²) in [7, 11) is -3.68. The number of unbranched alkanes of at least 4 members (excludes halogenated alkanes) is 2. The van der Waals surface area contributed by atoms with Crippen molar-refractivity contribution in [2.24, 2.45) is 0 Å². The molecule has 1 aromatic rings. The summed E-state index contributed by atoms with van der Waals surface area (Å²) >= 11 is 0. The van der Waals surface area contributed by atoms with Crippen molar-refractivity contribution in [2.75, 3.05) is 26.3 Å². The van der Waals surface area contributed by atoms with Gasteiger partial charge in [-0.3, -0.25) is 4.18 Å². The Morgan fingerprint density at radius 3 is 2.23 bits per heavy atom. The zero-order valence-corrected chi connectivity index (χ0v) is 19.4. The van der Waals surface area contributed by atoms with E-state index >= 15 is 0 Å². The average Bonchev–Trinajstić information content (AvgIpc) is 2.66. The van der Waals surface area contributed by atoms with Crippen molar-refractivity contribution >= 4 is 16.2 Å². The summed E-state index contributed by atoms with van der Waals surface area (Å²) < 4.78 is 40.6. The molecule has 1 aromatic carbocycles. The number of hydrogen-bond donors (Lipinski definition) is 0. The molecule has 1 aliphatic heterocycles. The normalized spacial score (nSPS) is 15.9. The molecule has 8 heteroatoms. The molecule has 0 atom stereocenters. The Labute approximate surface area is 180 Å². The lowest BCUT2D eigenvalue weighted by atomic mass is 10.1. The molecule has 2 rings (SSSR count). The van der Waals surface area contributed by atoms with Crippen LogP contribution in [0.4, 0.5) is 4.79 Å². The van der Waals surface area contributed by atoms with E-state index in [2.05, 4.69) is 0 Å². The van der Waals surface area contributed by atoms with Crippen molar-refractivity contribution < 1.29 is 26.9 Å². The van der Waals surface area contributed by atoms with E-state index in [-0.39, 0.29) is 23.7 Å². The third-order valence-electron chi connectivity index (χ3n) is 4.78. The van der Waals surface area contributed by atoms with Crippen LogP contribution in [0.1, 0.15) is 58.4 Å². The van der Waals surface area contributed by atoms with Gasteiger partial charge in [-0.2, -0.15) is 8.42 Å². The highest BCUT2D eigenvalue weighted by molar-refractivity contribution is 7.86. The van der Waals surface area contributed by atoms with Gasteiger partial charge in [-0.15, -0.1) is 0 Å². The van der Waals surface area contributed by atoms with E-state index < -0.39 is 15.7 Å². The molecule has 1 amide bonds. The SMILES string of the molecule is Cc1ccc(S(=O)(=O)OCCCCCOC2CCN(C(=O)OC(C)(C)C)CC2)cc1. The molecule has 0 spiro atoms. The topological polar surface area (TPSA) is 82.1 Å². The van der Waals surface area contributed by atoms with Crippen LogP contribution in [-0.2, 0) is 23.8 Å². The van der Waals surface area contributed by atoms with Gasteiger partial charge in [0, 0.05) is 19.7 Å². The molecule has 0 N–H and O–H groups in total. The van der Waals surface area contributed by atoms with E-state index in [0.29, 0.717) is 26.1 Å². The number of benzene rings is 1. The summed E-state index contributed by atoms with van der Waals surface area (Å²) in [5, 5.41) is 0. The summed E-state index contributed by atoms with van der Waals surface area (Å²) in [6.07, 6.45) is 3.84. The smallest absolute Gasteiger partial charge is 0.410 e. The highest BCUT2D eigenvalue weighted by Crippen LogP contribution is 2.18. The summed E-state index contributed by atoms with van der Waals surface area (Å²) in [6, 6.07) is 6.64.